The lowest BCUT2D eigenvalue weighted by Crippen LogP contribution is -2.31. The zero-order valence-corrected chi connectivity index (χ0v) is 6.97. The third-order valence-corrected chi connectivity index (χ3v) is 2.50. The fraction of sp³-hybridized carbons (Fsp3) is 0.778. The number of allylic oxidation sites excluding steroid dienone is 1. The molecule has 1 N–H and O–H groups in total. The molecule has 2 rings (SSSR count). The molecule has 0 bridgehead atoms. The van der Waals surface area contributed by atoms with Crippen LogP contribution in [0.4, 0.5) is 0 Å². The van der Waals surface area contributed by atoms with Crippen molar-refractivity contribution < 1.29 is 0 Å². The Morgan fingerprint density at radius 3 is 3.27 bits per heavy atom. The zero-order chi connectivity index (χ0) is 7.52. The van der Waals surface area contributed by atoms with Crippen molar-refractivity contribution in [3.05, 3.63) is 11.8 Å². The Morgan fingerprint density at radius 2 is 2.27 bits per heavy atom. The first-order valence-electron chi connectivity index (χ1n) is 4.67. The largest absolute Gasteiger partial charge is 0.313 e. The second kappa shape index (κ2) is 3.26. The highest BCUT2D eigenvalue weighted by atomic mass is 15.5. The van der Waals surface area contributed by atoms with Crippen LogP contribution in [0.15, 0.2) is 11.8 Å². The molecule has 2 heteroatoms. The molecule has 0 amide bonds. The van der Waals surface area contributed by atoms with Crippen LogP contribution >= 0.6 is 0 Å². The fourth-order valence-electron chi connectivity index (χ4n) is 1.85. The summed E-state index contributed by atoms with van der Waals surface area (Å²) in [7, 11) is 0. The van der Waals surface area contributed by atoms with E-state index in [0.717, 1.165) is 6.54 Å². The van der Waals surface area contributed by atoms with Gasteiger partial charge in [0, 0.05) is 25.2 Å². The molecule has 0 atom stereocenters. The van der Waals surface area contributed by atoms with E-state index in [2.05, 4.69) is 16.5 Å². The molecule has 0 aliphatic carbocycles. The van der Waals surface area contributed by atoms with Gasteiger partial charge in [0.25, 0.3) is 0 Å². The van der Waals surface area contributed by atoms with Crippen molar-refractivity contribution in [3.8, 4) is 0 Å². The van der Waals surface area contributed by atoms with Gasteiger partial charge in [-0.15, -0.1) is 0 Å². The number of nitrogens with zero attached hydrogens (tertiary/aromatic N) is 1. The predicted octanol–water partition coefficient (Wildman–Crippen LogP) is 1.65. The molecule has 0 aromatic heterocycles. The molecule has 0 radical (unpaired) electrons. The number of rotatable bonds is 0. The van der Waals surface area contributed by atoms with Crippen molar-refractivity contribution in [2.45, 2.75) is 32.1 Å². The molecular formula is C9H16N2. The Hall–Kier alpha value is -0.500. The number of nitrogens with one attached hydrogen (secondary N) is 1. The average molecular weight is 152 g/mol. The predicted molar refractivity (Wildman–Crippen MR) is 45.9 cm³/mol. The van der Waals surface area contributed by atoms with Crippen molar-refractivity contribution in [1.82, 2.24) is 10.4 Å². The Bertz CT molecular complexity index is 163. The lowest BCUT2D eigenvalue weighted by molar-refractivity contribution is 0.284. The summed E-state index contributed by atoms with van der Waals surface area (Å²) in [6.45, 7) is 2.36. The third-order valence-electron chi connectivity index (χ3n) is 2.50. The Morgan fingerprint density at radius 1 is 1.27 bits per heavy atom. The molecule has 0 unspecified atom stereocenters. The van der Waals surface area contributed by atoms with E-state index in [4.69, 9.17) is 0 Å². The first-order chi connectivity index (χ1) is 5.47. The van der Waals surface area contributed by atoms with Crippen LogP contribution in [0.2, 0.25) is 0 Å². The monoisotopic (exact) mass is 152 g/mol. The molecule has 0 saturated carbocycles. The van der Waals surface area contributed by atoms with E-state index in [1.165, 1.54) is 44.3 Å². The van der Waals surface area contributed by atoms with Gasteiger partial charge in [0.2, 0.25) is 0 Å². The maximum absolute atomic E-state index is 3.39. The Balaban J connectivity index is 2.04. The summed E-state index contributed by atoms with van der Waals surface area (Å²) in [5, 5.41) is 2.33. The van der Waals surface area contributed by atoms with Gasteiger partial charge in [-0.3, -0.25) is 0 Å². The highest BCUT2D eigenvalue weighted by Gasteiger charge is 2.15. The topological polar surface area (TPSA) is 15.3 Å². The fourth-order valence-corrected chi connectivity index (χ4v) is 1.85. The summed E-state index contributed by atoms with van der Waals surface area (Å²) in [5.74, 6) is 0. The van der Waals surface area contributed by atoms with Crippen LogP contribution in [0.3, 0.4) is 0 Å². The lowest BCUT2D eigenvalue weighted by Gasteiger charge is -2.21. The maximum Gasteiger partial charge on any atom is 0.0340 e. The van der Waals surface area contributed by atoms with Crippen molar-refractivity contribution in [2.24, 2.45) is 0 Å². The molecule has 11 heavy (non-hydrogen) atoms. The van der Waals surface area contributed by atoms with Gasteiger partial charge in [-0.25, -0.2) is 5.43 Å². The minimum atomic E-state index is 1.14. The smallest absolute Gasteiger partial charge is 0.0340 e. The summed E-state index contributed by atoms with van der Waals surface area (Å²) in [6, 6.07) is 0. The average Bonchev–Trinajstić information content (AvgIpc) is 2.35. The van der Waals surface area contributed by atoms with Gasteiger partial charge in [0.1, 0.15) is 0 Å². The molecule has 0 aromatic rings. The van der Waals surface area contributed by atoms with Crippen LogP contribution in [0, 0.1) is 0 Å². The maximum atomic E-state index is 3.39. The van der Waals surface area contributed by atoms with E-state index in [0.29, 0.717) is 0 Å². The number of hydrogen-bond donors (Lipinski definition) is 1. The lowest BCUT2D eigenvalue weighted by atomic mass is 10.1. The van der Waals surface area contributed by atoms with Crippen LogP contribution in [-0.4, -0.2) is 18.1 Å². The van der Waals surface area contributed by atoms with Crippen molar-refractivity contribution in [1.29, 1.82) is 0 Å². The molecule has 2 aliphatic rings. The van der Waals surface area contributed by atoms with Gasteiger partial charge in [0.15, 0.2) is 0 Å². The van der Waals surface area contributed by atoms with Gasteiger partial charge >= 0.3 is 0 Å². The number of hydrogen-bond acceptors (Lipinski definition) is 2. The second-order valence-corrected chi connectivity index (χ2v) is 3.35. The van der Waals surface area contributed by atoms with Gasteiger partial charge in [0.05, 0.1) is 0 Å². The summed E-state index contributed by atoms with van der Waals surface area (Å²) < 4.78 is 0. The second-order valence-electron chi connectivity index (χ2n) is 3.35. The molecule has 0 aromatic carbocycles. The van der Waals surface area contributed by atoms with E-state index in [1.807, 2.05) is 0 Å². The van der Waals surface area contributed by atoms with Crippen molar-refractivity contribution >= 4 is 0 Å². The van der Waals surface area contributed by atoms with E-state index >= 15 is 0 Å². The number of fused-ring (bicyclic) bond motifs is 1. The SMILES string of the molecule is C1=C2/CCNN2CCCCC/1. The highest BCUT2D eigenvalue weighted by molar-refractivity contribution is 5.05. The Kier molecular flexibility index (Phi) is 2.13. The van der Waals surface area contributed by atoms with E-state index in [-0.39, 0.29) is 0 Å². The molecular weight excluding hydrogens is 136 g/mol. The molecule has 2 heterocycles. The molecule has 1 fully saturated rings. The normalized spacial score (nSPS) is 30.2. The molecule has 0 spiro atoms. The van der Waals surface area contributed by atoms with Gasteiger partial charge < -0.3 is 5.01 Å². The first-order valence-corrected chi connectivity index (χ1v) is 4.67. The van der Waals surface area contributed by atoms with Crippen LogP contribution in [-0.2, 0) is 0 Å². The van der Waals surface area contributed by atoms with E-state index in [9.17, 15) is 0 Å². The summed E-state index contributed by atoms with van der Waals surface area (Å²) in [4.78, 5) is 0. The van der Waals surface area contributed by atoms with Crippen LogP contribution in [0.1, 0.15) is 32.1 Å². The van der Waals surface area contributed by atoms with Crippen molar-refractivity contribution in [3.63, 3.8) is 0 Å². The minimum absolute atomic E-state index is 1.14. The van der Waals surface area contributed by atoms with Gasteiger partial charge in [-0.05, 0) is 19.3 Å². The Labute approximate surface area is 68.2 Å². The minimum Gasteiger partial charge on any atom is -0.313 e. The number of hydrazine groups is 1. The first kappa shape index (κ1) is 7.17. The summed E-state index contributed by atoms with van der Waals surface area (Å²) in [5.41, 5.74) is 4.92. The van der Waals surface area contributed by atoms with Gasteiger partial charge in [-0.2, -0.15) is 0 Å². The standard InChI is InChI=1S/C9H16N2/c1-2-4-8-11-9(5-3-1)6-7-10-11/h5,10H,1-4,6-8H2/b9-5-. The van der Waals surface area contributed by atoms with E-state index < -0.39 is 0 Å². The van der Waals surface area contributed by atoms with Gasteiger partial charge in [-0.1, -0.05) is 12.5 Å². The summed E-state index contributed by atoms with van der Waals surface area (Å²) >= 11 is 0. The van der Waals surface area contributed by atoms with Crippen LogP contribution in [0.25, 0.3) is 0 Å². The highest BCUT2D eigenvalue weighted by Crippen LogP contribution is 2.18. The molecule has 2 aliphatic heterocycles. The van der Waals surface area contributed by atoms with Crippen LogP contribution in [0.5, 0.6) is 0 Å². The molecule has 1 saturated heterocycles. The molecule has 2 nitrogen and oxygen atoms in total. The quantitative estimate of drug-likeness (QED) is 0.568. The van der Waals surface area contributed by atoms with Crippen molar-refractivity contribution in [2.75, 3.05) is 13.1 Å². The van der Waals surface area contributed by atoms with E-state index in [1.54, 1.807) is 0 Å². The third kappa shape index (κ3) is 1.56. The molecule has 62 valence electrons. The van der Waals surface area contributed by atoms with Crippen LogP contribution < -0.4 is 5.43 Å². The zero-order valence-electron chi connectivity index (χ0n) is 6.97. The summed E-state index contributed by atoms with van der Waals surface area (Å²) in [6.07, 6.45) is 9.05.